The molecule has 94 valence electrons. The van der Waals surface area contributed by atoms with E-state index in [1.54, 1.807) is 0 Å². The van der Waals surface area contributed by atoms with Gasteiger partial charge in [0.1, 0.15) is 11.5 Å². The van der Waals surface area contributed by atoms with Crippen molar-refractivity contribution >= 4 is 5.82 Å². The summed E-state index contributed by atoms with van der Waals surface area (Å²) in [6.07, 6.45) is 1.82. The van der Waals surface area contributed by atoms with E-state index in [1.807, 2.05) is 26.1 Å². The van der Waals surface area contributed by atoms with Crippen molar-refractivity contribution in [3.8, 4) is 11.5 Å². The highest BCUT2D eigenvalue weighted by Crippen LogP contribution is 2.22. The van der Waals surface area contributed by atoms with Crippen molar-refractivity contribution in [2.24, 2.45) is 0 Å². The third-order valence-corrected chi connectivity index (χ3v) is 2.78. The lowest BCUT2D eigenvalue weighted by Crippen LogP contribution is -2.03. The minimum atomic E-state index is 0.319. The Bertz CT molecular complexity index is 576. The fourth-order valence-corrected chi connectivity index (χ4v) is 1.84. The van der Waals surface area contributed by atoms with Gasteiger partial charge in [-0.3, -0.25) is 4.98 Å². The molecule has 0 aromatic carbocycles. The summed E-state index contributed by atoms with van der Waals surface area (Å²) in [6.45, 7) is 8.20. The second-order valence-electron chi connectivity index (χ2n) is 4.87. The number of hydrogen-bond donors (Lipinski definition) is 1. The highest BCUT2D eigenvalue weighted by atomic mass is 15.0. The van der Waals surface area contributed by atoms with E-state index in [4.69, 9.17) is 5.73 Å². The molecule has 0 amide bonds. The van der Waals surface area contributed by atoms with Crippen molar-refractivity contribution in [3.05, 3.63) is 35.2 Å². The van der Waals surface area contributed by atoms with Crippen LogP contribution in [0.1, 0.15) is 36.6 Å². The monoisotopic (exact) mass is 242 g/mol. The first-order valence-corrected chi connectivity index (χ1v) is 6.05. The number of nitrogen functional groups attached to an aromatic ring is 1. The van der Waals surface area contributed by atoms with Crippen LogP contribution in [0.3, 0.4) is 0 Å². The fourth-order valence-electron chi connectivity index (χ4n) is 1.84. The molecule has 2 rings (SSSR count). The number of rotatable bonds is 2. The molecule has 18 heavy (non-hydrogen) atoms. The number of anilines is 1. The molecule has 4 heteroatoms. The van der Waals surface area contributed by atoms with E-state index in [1.165, 1.54) is 0 Å². The van der Waals surface area contributed by atoms with Crippen LogP contribution in [-0.2, 0) is 0 Å². The maximum Gasteiger partial charge on any atom is 0.180 e. The normalized spacial score (nSPS) is 10.9. The van der Waals surface area contributed by atoms with Crippen LogP contribution in [0.15, 0.2) is 18.3 Å². The lowest BCUT2D eigenvalue weighted by molar-refractivity contribution is 0.817. The largest absolute Gasteiger partial charge is 0.384 e. The van der Waals surface area contributed by atoms with E-state index in [2.05, 4.69) is 34.9 Å². The molecule has 0 aliphatic heterocycles. The smallest absolute Gasteiger partial charge is 0.180 e. The van der Waals surface area contributed by atoms with Crippen LogP contribution in [0.4, 0.5) is 5.82 Å². The van der Waals surface area contributed by atoms with Crippen molar-refractivity contribution in [2.45, 2.75) is 33.6 Å². The molecule has 4 nitrogen and oxygen atoms in total. The molecule has 0 bridgehead atoms. The average Bonchev–Trinajstić information content (AvgIpc) is 2.27. The van der Waals surface area contributed by atoms with Crippen molar-refractivity contribution in [3.63, 3.8) is 0 Å². The molecule has 0 atom stereocenters. The Kier molecular flexibility index (Phi) is 3.28. The summed E-state index contributed by atoms with van der Waals surface area (Å²) in [5, 5.41) is 0. The first kappa shape index (κ1) is 12.5. The van der Waals surface area contributed by atoms with Gasteiger partial charge in [0.15, 0.2) is 5.82 Å². The van der Waals surface area contributed by atoms with E-state index in [0.29, 0.717) is 17.6 Å². The lowest BCUT2D eigenvalue weighted by atomic mass is 10.1. The predicted molar refractivity (Wildman–Crippen MR) is 73.2 cm³/mol. The summed E-state index contributed by atoms with van der Waals surface area (Å²) >= 11 is 0. The molecule has 0 saturated heterocycles. The van der Waals surface area contributed by atoms with Gasteiger partial charge in [-0.2, -0.15) is 0 Å². The lowest BCUT2D eigenvalue weighted by Gasteiger charge is -2.09. The van der Waals surface area contributed by atoms with Crippen molar-refractivity contribution in [1.29, 1.82) is 0 Å². The first-order chi connectivity index (χ1) is 8.47. The first-order valence-electron chi connectivity index (χ1n) is 6.05. The molecule has 0 unspecified atom stereocenters. The Labute approximate surface area is 107 Å². The van der Waals surface area contributed by atoms with Crippen LogP contribution < -0.4 is 5.73 Å². The summed E-state index contributed by atoms with van der Waals surface area (Å²) in [5.74, 6) is 1.42. The number of pyridine rings is 1. The van der Waals surface area contributed by atoms with E-state index in [0.717, 1.165) is 22.5 Å². The molecule has 0 radical (unpaired) electrons. The van der Waals surface area contributed by atoms with Gasteiger partial charge in [-0.1, -0.05) is 19.9 Å². The summed E-state index contributed by atoms with van der Waals surface area (Å²) in [5.41, 5.74) is 9.77. The SMILES string of the molecule is Cc1cnc(-c2nc(N)cc(C(C)C)n2)c(C)c1. The number of nitrogens with two attached hydrogens (primary N) is 1. The van der Waals surface area contributed by atoms with Crippen LogP contribution in [0.25, 0.3) is 11.5 Å². The molecular formula is C14H18N4. The Morgan fingerprint density at radius 2 is 1.83 bits per heavy atom. The van der Waals surface area contributed by atoms with Crippen molar-refractivity contribution < 1.29 is 0 Å². The van der Waals surface area contributed by atoms with E-state index < -0.39 is 0 Å². The predicted octanol–water partition coefficient (Wildman–Crippen LogP) is 2.86. The minimum Gasteiger partial charge on any atom is -0.384 e. The molecule has 0 aliphatic carbocycles. The quantitative estimate of drug-likeness (QED) is 0.879. The van der Waals surface area contributed by atoms with Gasteiger partial charge in [-0.05, 0) is 30.9 Å². The zero-order valence-electron chi connectivity index (χ0n) is 11.2. The minimum absolute atomic E-state index is 0.319. The molecule has 0 spiro atoms. The highest BCUT2D eigenvalue weighted by molar-refractivity contribution is 5.57. The third kappa shape index (κ3) is 2.47. The maximum absolute atomic E-state index is 5.84. The molecule has 2 aromatic heterocycles. The van der Waals surface area contributed by atoms with Gasteiger partial charge in [0.25, 0.3) is 0 Å². The van der Waals surface area contributed by atoms with Gasteiger partial charge >= 0.3 is 0 Å². The summed E-state index contributed by atoms with van der Waals surface area (Å²) in [4.78, 5) is 13.2. The molecule has 2 heterocycles. The second-order valence-corrected chi connectivity index (χ2v) is 4.87. The Morgan fingerprint density at radius 1 is 1.11 bits per heavy atom. The van der Waals surface area contributed by atoms with E-state index in [9.17, 15) is 0 Å². The zero-order valence-corrected chi connectivity index (χ0v) is 11.2. The van der Waals surface area contributed by atoms with Gasteiger partial charge in [-0.25, -0.2) is 9.97 Å². The van der Waals surface area contributed by atoms with Gasteiger partial charge in [0.2, 0.25) is 0 Å². The van der Waals surface area contributed by atoms with Gasteiger partial charge < -0.3 is 5.73 Å². The van der Waals surface area contributed by atoms with Crippen LogP contribution >= 0.6 is 0 Å². The van der Waals surface area contributed by atoms with Gasteiger partial charge in [-0.15, -0.1) is 0 Å². The van der Waals surface area contributed by atoms with Gasteiger partial charge in [0.05, 0.1) is 0 Å². The molecule has 0 aliphatic rings. The molecule has 0 fully saturated rings. The highest BCUT2D eigenvalue weighted by Gasteiger charge is 2.11. The van der Waals surface area contributed by atoms with Crippen LogP contribution in [0.2, 0.25) is 0 Å². The standard InChI is InChI=1S/C14H18N4/c1-8(2)11-6-12(15)18-14(17-11)13-10(4)5-9(3)7-16-13/h5-8H,1-4H3,(H2,15,17,18). The molecule has 2 N–H and O–H groups in total. The zero-order chi connectivity index (χ0) is 13.3. The number of hydrogen-bond acceptors (Lipinski definition) is 4. The van der Waals surface area contributed by atoms with E-state index in [-0.39, 0.29) is 0 Å². The number of aromatic nitrogens is 3. The Morgan fingerprint density at radius 3 is 2.44 bits per heavy atom. The average molecular weight is 242 g/mol. The van der Waals surface area contributed by atoms with Crippen molar-refractivity contribution in [2.75, 3.05) is 5.73 Å². The van der Waals surface area contributed by atoms with Gasteiger partial charge in [0, 0.05) is 18.0 Å². The second kappa shape index (κ2) is 4.72. The molecule has 2 aromatic rings. The molecule has 0 saturated carbocycles. The number of nitrogens with zero attached hydrogens (tertiary/aromatic N) is 3. The maximum atomic E-state index is 5.84. The van der Waals surface area contributed by atoms with Crippen molar-refractivity contribution in [1.82, 2.24) is 15.0 Å². The summed E-state index contributed by atoms with van der Waals surface area (Å²) < 4.78 is 0. The number of aryl methyl sites for hydroxylation is 2. The Hall–Kier alpha value is -1.97. The topological polar surface area (TPSA) is 64.7 Å². The van der Waals surface area contributed by atoms with Crippen LogP contribution in [0, 0.1) is 13.8 Å². The summed E-state index contributed by atoms with van der Waals surface area (Å²) in [6, 6.07) is 3.89. The Balaban J connectivity index is 2.56. The van der Waals surface area contributed by atoms with E-state index >= 15 is 0 Å². The summed E-state index contributed by atoms with van der Waals surface area (Å²) in [7, 11) is 0. The molecular weight excluding hydrogens is 224 g/mol. The third-order valence-electron chi connectivity index (χ3n) is 2.78. The van der Waals surface area contributed by atoms with Crippen LogP contribution in [-0.4, -0.2) is 15.0 Å². The fraction of sp³-hybridized carbons (Fsp3) is 0.357. The van der Waals surface area contributed by atoms with Crippen LogP contribution in [0.5, 0.6) is 0 Å².